The maximum absolute atomic E-state index is 14.6. The Morgan fingerprint density at radius 2 is 1.96 bits per heavy atom. The number of nitrogens with zero attached hydrogens (tertiary/aromatic N) is 2. The molecular weight excluding hydrogens is 332 g/mol. The van der Waals surface area contributed by atoms with Gasteiger partial charge in [-0.25, -0.2) is 15.6 Å². The Bertz CT molecular complexity index is 401. The highest BCUT2D eigenvalue weighted by molar-refractivity contribution is 7.44. The summed E-state index contributed by atoms with van der Waals surface area (Å²) in [6.45, 7) is 17.9. The highest BCUT2D eigenvalue weighted by atomic mass is 31.2. The van der Waals surface area contributed by atoms with E-state index in [0.29, 0.717) is 6.54 Å². The predicted octanol–water partition coefficient (Wildman–Crippen LogP) is 3.00. The molecule has 1 rings (SSSR count). The zero-order valence-electron chi connectivity index (χ0n) is 15.5. The van der Waals surface area contributed by atoms with E-state index in [2.05, 4.69) is 42.5 Å². The number of nitrogens with one attached hydrogen (secondary N) is 1. The fraction of sp³-hybridized carbons (Fsp3) is 0.938. The van der Waals surface area contributed by atoms with Gasteiger partial charge in [-0.05, 0) is 41.7 Å². The third-order valence-electron chi connectivity index (χ3n) is 3.79. The average molecular weight is 363 g/mol. The largest absolute Gasteiger partial charge is 0.368 e. The number of likely N-dealkylation sites (N-methyl/N-ethyl adjacent to an activating group) is 1. The Labute approximate surface area is 146 Å². The lowest BCUT2D eigenvalue weighted by molar-refractivity contribution is 0.0199. The molecule has 8 heteroatoms. The van der Waals surface area contributed by atoms with Crippen molar-refractivity contribution in [3.8, 4) is 0 Å². The minimum absolute atomic E-state index is 0.185. The van der Waals surface area contributed by atoms with E-state index in [1.54, 1.807) is 14.0 Å². The van der Waals surface area contributed by atoms with E-state index in [4.69, 9.17) is 20.4 Å². The van der Waals surface area contributed by atoms with Crippen molar-refractivity contribution in [1.29, 1.82) is 0 Å². The summed E-state index contributed by atoms with van der Waals surface area (Å²) in [5.74, 6) is 0. The molecule has 0 radical (unpaired) electrons. The Morgan fingerprint density at radius 3 is 2.46 bits per heavy atom. The van der Waals surface area contributed by atoms with Crippen molar-refractivity contribution in [3.05, 3.63) is 11.4 Å². The van der Waals surface area contributed by atoms with Gasteiger partial charge in [-0.15, -0.1) is 0 Å². The lowest BCUT2D eigenvalue weighted by Gasteiger charge is -2.37. The summed E-state index contributed by atoms with van der Waals surface area (Å²) in [4.78, 5) is 3.31. The molecule has 0 amide bonds. The molecule has 24 heavy (non-hydrogen) atoms. The summed E-state index contributed by atoms with van der Waals surface area (Å²) in [5, 5.41) is 3.02. The van der Waals surface area contributed by atoms with Crippen LogP contribution >= 0.6 is 8.53 Å². The van der Waals surface area contributed by atoms with Crippen LogP contribution in [0.5, 0.6) is 0 Å². The monoisotopic (exact) mass is 363 g/mol. The predicted molar refractivity (Wildman–Crippen MR) is 94.5 cm³/mol. The number of rotatable bonds is 10. The lowest BCUT2D eigenvalue weighted by Crippen LogP contribution is -2.40. The molecule has 0 saturated carbocycles. The number of hydrogen-bond acceptors (Lipinski definition) is 5. The molecule has 0 spiro atoms. The van der Waals surface area contributed by atoms with E-state index < -0.39 is 26.9 Å². The number of halogens is 1. The molecule has 1 saturated heterocycles. The first-order valence-electron chi connectivity index (χ1n) is 8.48. The fourth-order valence-corrected chi connectivity index (χ4v) is 4.54. The number of alkyl halides is 1. The van der Waals surface area contributed by atoms with E-state index >= 15 is 0 Å². The maximum atomic E-state index is 14.6. The van der Waals surface area contributed by atoms with Gasteiger partial charge in [0, 0.05) is 18.6 Å². The second-order valence-electron chi connectivity index (χ2n) is 6.47. The average Bonchev–Trinajstić information content (AvgIpc) is 2.74. The molecule has 0 aliphatic carbocycles. The fourth-order valence-electron chi connectivity index (χ4n) is 2.79. The molecule has 1 fully saturated rings. The van der Waals surface area contributed by atoms with Crippen LogP contribution in [0.3, 0.4) is 0 Å². The van der Waals surface area contributed by atoms with Gasteiger partial charge in [-0.3, -0.25) is 0 Å². The first kappa shape index (κ1) is 21.7. The molecule has 6 nitrogen and oxygen atoms in total. The number of ether oxygens (including phenoxy) is 1. The van der Waals surface area contributed by atoms with Gasteiger partial charge in [0.25, 0.3) is 8.53 Å². The first-order valence-corrected chi connectivity index (χ1v) is 9.61. The van der Waals surface area contributed by atoms with Crippen molar-refractivity contribution in [2.75, 3.05) is 26.7 Å². The standard InChI is InChI=1S/C16H31FN3O3P/c1-11(2)20(12(3)4)24(21-9-8-18-6)23-16-14(10-19-7)22-13(5)15(16)17/h11-16,19H,8-10H2,1-5,7H3/t13-,14+,15+,16?,24?/m0/s1. The van der Waals surface area contributed by atoms with Crippen LogP contribution in [-0.4, -0.2) is 68.0 Å². The molecule has 1 N–H and O–H groups in total. The summed E-state index contributed by atoms with van der Waals surface area (Å²) >= 11 is 0. The summed E-state index contributed by atoms with van der Waals surface area (Å²) in [6, 6.07) is 0.370. The van der Waals surface area contributed by atoms with Crippen molar-refractivity contribution in [2.45, 2.75) is 71.2 Å². The highest BCUT2D eigenvalue weighted by Crippen LogP contribution is 2.49. The van der Waals surface area contributed by atoms with Gasteiger partial charge in [0.1, 0.15) is 12.7 Å². The van der Waals surface area contributed by atoms with E-state index in [1.165, 1.54) is 0 Å². The van der Waals surface area contributed by atoms with Crippen molar-refractivity contribution in [3.63, 3.8) is 0 Å². The topological polar surface area (TPSA) is 47.3 Å². The Hall–Kier alpha value is -0.350. The molecule has 0 aromatic carbocycles. The van der Waals surface area contributed by atoms with Crippen molar-refractivity contribution in [2.24, 2.45) is 0 Å². The third kappa shape index (κ3) is 5.87. The van der Waals surface area contributed by atoms with Crippen LogP contribution in [0.25, 0.3) is 4.85 Å². The highest BCUT2D eigenvalue weighted by Gasteiger charge is 2.46. The molecule has 2 unspecified atom stereocenters. The zero-order chi connectivity index (χ0) is 18.3. The van der Waals surface area contributed by atoms with Crippen LogP contribution in [0.4, 0.5) is 4.39 Å². The summed E-state index contributed by atoms with van der Waals surface area (Å²) in [7, 11) is 0.339. The van der Waals surface area contributed by atoms with E-state index in [1.807, 2.05) is 0 Å². The van der Waals surface area contributed by atoms with Crippen LogP contribution in [0.2, 0.25) is 0 Å². The van der Waals surface area contributed by atoms with Gasteiger partial charge >= 0.3 is 0 Å². The molecule has 0 aromatic rings. The van der Waals surface area contributed by atoms with Gasteiger partial charge in [0.05, 0.1) is 12.2 Å². The minimum Gasteiger partial charge on any atom is -0.368 e. The summed E-state index contributed by atoms with van der Waals surface area (Å²) < 4.78 is 34.3. The molecule has 0 bridgehead atoms. The molecule has 1 aliphatic rings. The van der Waals surface area contributed by atoms with Crippen molar-refractivity contribution >= 4 is 8.53 Å². The van der Waals surface area contributed by atoms with Crippen LogP contribution < -0.4 is 5.32 Å². The molecule has 5 atom stereocenters. The van der Waals surface area contributed by atoms with Crippen molar-refractivity contribution in [1.82, 2.24) is 9.99 Å². The van der Waals surface area contributed by atoms with E-state index in [0.717, 1.165) is 0 Å². The van der Waals surface area contributed by atoms with Gasteiger partial charge < -0.3 is 23.9 Å². The summed E-state index contributed by atoms with van der Waals surface area (Å²) in [5.41, 5.74) is 0. The Morgan fingerprint density at radius 1 is 1.33 bits per heavy atom. The molecule has 0 aromatic heterocycles. The minimum atomic E-state index is -1.47. The van der Waals surface area contributed by atoms with Crippen LogP contribution in [0, 0.1) is 6.57 Å². The Kier molecular flexibility index (Phi) is 9.58. The Balaban J connectivity index is 2.90. The second-order valence-corrected chi connectivity index (χ2v) is 7.88. The molecule has 1 heterocycles. The van der Waals surface area contributed by atoms with Crippen LogP contribution in [0.15, 0.2) is 0 Å². The maximum Gasteiger partial charge on any atom is 0.259 e. The second kappa shape index (κ2) is 10.6. The molecular formula is C16H31FN3O3P. The normalized spacial score (nSPS) is 28.7. The van der Waals surface area contributed by atoms with Gasteiger partial charge in [-0.1, -0.05) is 0 Å². The van der Waals surface area contributed by atoms with Crippen molar-refractivity contribution < 1.29 is 18.2 Å². The van der Waals surface area contributed by atoms with E-state index in [-0.39, 0.29) is 31.3 Å². The number of hydrogen-bond donors (Lipinski definition) is 1. The molecule has 1 aliphatic heterocycles. The molecule has 140 valence electrons. The SMILES string of the molecule is [C-]#[N+]CCOP(OC1[C@@H](CNC)O[C@@H](C)[C@H]1F)N(C(C)C)C(C)C. The summed E-state index contributed by atoms with van der Waals surface area (Å²) in [6.07, 6.45) is -2.72. The lowest BCUT2D eigenvalue weighted by atomic mass is 10.1. The van der Waals surface area contributed by atoms with Crippen LogP contribution in [-0.2, 0) is 13.8 Å². The smallest absolute Gasteiger partial charge is 0.259 e. The van der Waals surface area contributed by atoms with Gasteiger partial charge in [0.2, 0.25) is 6.54 Å². The zero-order valence-corrected chi connectivity index (χ0v) is 16.4. The van der Waals surface area contributed by atoms with E-state index in [9.17, 15) is 4.39 Å². The van der Waals surface area contributed by atoms with Crippen LogP contribution in [0.1, 0.15) is 34.6 Å². The van der Waals surface area contributed by atoms with Gasteiger partial charge in [-0.2, -0.15) is 0 Å². The quantitative estimate of drug-likeness (QED) is 0.367. The van der Waals surface area contributed by atoms with Gasteiger partial charge in [0.15, 0.2) is 6.17 Å². The first-order chi connectivity index (χ1) is 11.3. The third-order valence-corrected chi connectivity index (χ3v) is 5.92.